The molecule has 0 unspecified atom stereocenters. The fourth-order valence-electron chi connectivity index (χ4n) is 1.54. The Hall–Kier alpha value is -1.95. The molecule has 0 aliphatic heterocycles. The van der Waals surface area contributed by atoms with Crippen LogP contribution in [-0.4, -0.2) is 22.4 Å². The summed E-state index contributed by atoms with van der Waals surface area (Å²) in [6.07, 6.45) is 2.27. The van der Waals surface area contributed by atoms with E-state index in [1.807, 2.05) is 5.38 Å². The molecule has 18 heavy (non-hydrogen) atoms. The number of carbonyl (C=O) groups excluding carboxylic acids is 1. The predicted octanol–water partition coefficient (Wildman–Crippen LogP) is 1.40. The highest BCUT2D eigenvalue weighted by Gasteiger charge is 2.09. The van der Waals surface area contributed by atoms with Gasteiger partial charge in [-0.2, -0.15) is 0 Å². The molecule has 0 aliphatic carbocycles. The Labute approximate surface area is 109 Å². The summed E-state index contributed by atoms with van der Waals surface area (Å²) in [6, 6.07) is 1.64. The molecule has 0 saturated carbocycles. The van der Waals surface area contributed by atoms with Crippen molar-refractivity contribution in [1.82, 2.24) is 15.3 Å². The minimum atomic E-state index is -0.150. The SMILES string of the molecule is Cc1ncc(N)cc1C(=O)NCCc1cscn1. The minimum absolute atomic E-state index is 0.150. The second kappa shape index (κ2) is 5.59. The van der Waals surface area contributed by atoms with Crippen molar-refractivity contribution in [3.63, 3.8) is 0 Å². The molecule has 5 nitrogen and oxygen atoms in total. The van der Waals surface area contributed by atoms with E-state index in [4.69, 9.17) is 5.73 Å². The quantitative estimate of drug-likeness (QED) is 0.872. The second-order valence-corrected chi connectivity index (χ2v) is 4.61. The number of thiazole rings is 1. The molecular weight excluding hydrogens is 248 g/mol. The number of pyridine rings is 1. The van der Waals surface area contributed by atoms with Gasteiger partial charge >= 0.3 is 0 Å². The lowest BCUT2D eigenvalue weighted by atomic mass is 10.2. The van der Waals surface area contributed by atoms with Gasteiger partial charge in [-0.15, -0.1) is 11.3 Å². The van der Waals surface area contributed by atoms with E-state index in [1.54, 1.807) is 36.0 Å². The Morgan fingerprint density at radius 1 is 1.50 bits per heavy atom. The summed E-state index contributed by atoms with van der Waals surface area (Å²) in [5, 5.41) is 4.81. The van der Waals surface area contributed by atoms with Gasteiger partial charge in [-0.3, -0.25) is 9.78 Å². The number of carbonyl (C=O) groups is 1. The molecule has 94 valence electrons. The van der Waals surface area contributed by atoms with Gasteiger partial charge in [-0.05, 0) is 13.0 Å². The van der Waals surface area contributed by atoms with E-state index in [0.717, 1.165) is 12.1 Å². The molecule has 0 aliphatic rings. The van der Waals surface area contributed by atoms with Gasteiger partial charge in [0.2, 0.25) is 0 Å². The van der Waals surface area contributed by atoms with Gasteiger partial charge in [0.15, 0.2) is 0 Å². The molecular formula is C12H14N4OS. The van der Waals surface area contributed by atoms with Crippen molar-refractivity contribution in [3.8, 4) is 0 Å². The van der Waals surface area contributed by atoms with Crippen molar-refractivity contribution < 1.29 is 4.79 Å². The molecule has 2 aromatic heterocycles. The van der Waals surface area contributed by atoms with Gasteiger partial charge in [0.05, 0.1) is 34.3 Å². The molecule has 1 amide bonds. The summed E-state index contributed by atoms with van der Waals surface area (Å²) >= 11 is 1.55. The maximum Gasteiger partial charge on any atom is 0.253 e. The molecule has 0 aromatic carbocycles. The van der Waals surface area contributed by atoms with Crippen molar-refractivity contribution in [3.05, 3.63) is 40.1 Å². The van der Waals surface area contributed by atoms with Crippen LogP contribution in [0.5, 0.6) is 0 Å². The van der Waals surface area contributed by atoms with E-state index < -0.39 is 0 Å². The Balaban J connectivity index is 1.93. The first-order valence-corrected chi connectivity index (χ1v) is 6.48. The number of hydrogen-bond acceptors (Lipinski definition) is 5. The number of nitrogen functional groups attached to an aromatic ring is 1. The van der Waals surface area contributed by atoms with Crippen LogP contribution in [0.25, 0.3) is 0 Å². The van der Waals surface area contributed by atoms with Gasteiger partial charge in [0.25, 0.3) is 5.91 Å². The zero-order valence-corrected chi connectivity index (χ0v) is 10.8. The smallest absolute Gasteiger partial charge is 0.253 e. The maximum absolute atomic E-state index is 11.9. The van der Waals surface area contributed by atoms with Crippen LogP contribution in [0.2, 0.25) is 0 Å². The molecule has 6 heteroatoms. The number of anilines is 1. The van der Waals surface area contributed by atoms with Crippen molar-refractivity contribution in [1.29, 1.82) is 0 Å². The van der Waals surface area contributed by atoms with Crippen LogP contribution in [0.15, 0.2) is 23.2 Å². The van der Waals surface area contributed by atoms with E-state index in [0.29, 0.717) is 23.5 Å². The van der Waals surface area contributed by atoms with Gasteiger partial charge in [-0.25, -0.2) is 4.98 Å². The molecule has 0 bridgehead atoms. The topological polar surface area (TPSA) is 80.9 Å². The minimum Gasteiger partial charge on any atom is -0.397 e. The first-order valence-electron chi connectivity index (χ1n) is 5.54. The normalized spacial score (nSPS) is 10.3. The van der Waals surface area contributed by atoms with Gasteiger partial charge in [0, 0.05) is 18.3 Å². The van der Waals surface area contributed by atoms with Crippen LogP contribution in [0.3, 0.4) is 0 Å². The Morgan fingerprint density at radius 2 is 2.33 bits per heavy atom. The van der Waals surface area contributed by atoms with E-state index in [1.165, 1.54) is 0 Å². The van der Waals surface area contributed by atoms with E-state index in [9.17, 15) is 4.79 Å². The van der Waals surface area contributed by atoms with E-state index in [-0.39, 0.29) is 5.91 Å². The first kappa shape index (κ1) is 12.5. The van der Waals surface area contributed by atoms with Gasteiger partial charge < -0.3 is 11.1 Å². The van der Waals surface area contributed by atoms with Crippen LogP contribution in [0, 0.1) is 6.92 Å². The van der Waals surface area contributed by atoms with E-state index >= 15 is 0 Å². The van der Waals surface area contributed by atoms with Gasteiger partial charge in [0.1, 0.15) is 0 Å². The number of amides is 1. The maximum atomic E-state index is 11.9. The van der Waals surface area contributed by atoms with Crippen molar-refractivity contribution >= 4 is 22.9 Å². The summed E-state index contributed by atoms with van der Waals surface area (Å²) < 4.78 is 0. The third-order valence-corrected chi connectivity index (χ3v) is 3.14. The van der Waals surface area contributed by atoms with Crippen LogP contribution >= 0.6 is 11.3 Å². The number of nitrogens with two attached hydrogens (primary N) is 1. The number of aryl methyl sites for hydroxylation is 1. The molecule has 3 N–H and O–H groups in total. The average molecular weight is 262 g/mol. The Morgan fingerprint density at radius 3 is 3.06 bits per heavy atom. The molecule has 2 rings (SSSR count). The largest absolute Gasteiger partial charge is 0.397 e. The zero-order valence-electron chi connectivity index (χ0n) is 10.0. The van der Waals surface area contributed by atoms with Crippen LogP contribution < -0.4 is 11.1 Å². The Kier molecular flexibility index (Phi) is 3.88. The molecule has 0 atom stereocenters. The number of rotatable bonds is 4. The third kappa shape index (κ3) is 3.04. The second-order valence-electron chi connectivity index (χ2n) is 3.89. The standard InChI is InChI=1S/C12H14N4OS/c1-8-11(4-9(13)5-15-8)12(17)14-3-2-10-6-18-7-16-10/h4-7H,2-3,13H2,1H3,(H,14,17). The number of nitrogens with one attached hydrogen (secondary N) is 1. The van der Waals surface area contributed by atoms with Gasteiger partial charge in [-0.1, -0.05) is 0 Å². The summed E-state index contributed by atoms with van der Waals surface area (Å²) in [5.74, 6) is -0.150. The predicted molar refractivity (Wildman–Crippen MR) is 71.5 cm³/mol. The zero-order chi connectivity index (χ0) is 13.0. The van der Waals surface area contributed by atoms with Crippen LogP contribution in [0.4, 0.5) is 5.69 Å². The summed E-state index contributed by atoms with van der Waals surface area (Å²) in [5.41, 5.74) is 10.1. The average Bonchev–Trinajstić information content (AvgIpc) is 2.85. The highest BCUT2D eigenvalue weighted by Crippen LogP contribution is 2.09. The highest BCUT2D eigenvalue weighted by atomic mass is 32.1. The van der Waals surface area contributed by atoms with Crippen LogP contribution in [0.1, 0.15) is 21.7 Å². The molecule has 0 fully saturated rings. The number of hydrogen-bond donors (Lipinski definition) is 2. The Bertz CT molecular complexity index is 539. The number of aromatic nitrogens is 2. The first-order chi connectivity index (χ1) is 8.66. The van der Waals surface area contributed by atoms with Crippen molar-refractivity contribution in [2.24, 2.45) is 0 Å². The van der Waals surface area contributed by atoms with E-state index in [2.05, 4.69) is 15.3 Å². The fraction of sp³-hybridized carbons (Fsp3) is 0.250. The number of nitrogens with zero attached hydrogens (tertiary/aromatic N) is 2. The summed E-state index contributed by atoms with van der Waals surface area (Å²) in [6.45, 7) is 2.34. The summed E-state index contributed by atoms with van der Waals surface area (Å²) in [7, 11) is 0. The molecule has 0 saturated heterocycles. The lowest BCUT2D eigenvalue weighted by molar-refractivity contribution is 0.0953. The lowest BCUT2D eigenvalue weighted by Gasteiger charge is -2.07. The lowest BCUT2D eigenvalue weighted by Crippen LogP contribution is -2.26. The van der Waals surface area contributed by atoms with Crippen LogP contribution in [-0.2, 0) is 6.42 Å². The van der Waals surface area contributed by atoms with Crippen molar-refractivity contribution in [2.45, 2.75) is 13.3 Å². The monoisotopic (exact) mass is 262 g/mol. The molecule has 0 spiro atoms. The highest BCUT2D eigenvalue weighted by molar-refractivity contribution is 7.07. The molecule has 0 radical (unpaired) electrons. The summed E-state index contributed by atoms with van der Waals surface area (Å²) in [4.78, 5) is 20.1. The van der Waals surface area contributed by atoms with Crippen molar-refractivity contribution in [2.75, 3.05) is 12.3 Å². The third-order valence-electron chi connectivity index (χ3n) is 2.50. The fourth-order valence-corrected chi connectivity index (χ4v) is 2.13. The molecule has 2 aromatic rings. The molecule has 2 heterocycles.